The molecule has 198 valence electrons. The third-order valence-corrected chi connectivity index (χ3v) is 5.73. The summed E-state index contributed by atoms with van der Waals surface area (Å²) in [5, 5.41) is 46.3. The van der Waals surface area contributed by atoms with Gasteiger partial charge in [-0.05, 0) is 12.8 Å². The average molecular weight is 491 g/mol. The van der Waals surface area contributed by atoms with Crippen LogP contribution in [0, 0.1) is 0 Å². The molecule has 0 spiro atoms. The number of hydrogen-bond acceptors (Lipinski definition) is 9. The first-order chi connectivity index (χ1) is 16.3. The molecule has 1 fully saturated rings. The van der Waals surface area contributed by atoms with Crippen molar-refractivity contribution < 1.29 is 39.5 Å². The molecule has 0 aromatic carbocycles. The van der Waals surface area contributed by atoms with Crippen molar-refractivity contribution >= 4 is 17.7 Å². The number of aliphatic hydroxyl groups excluding tert-OH is 4. The van der Waals surface area contributed by atoms with E-state index in [4.69, 9.17) is 10.5 Å². The maximum Gasteiger partial charge on any atom is 0.239 e. The van der Waals surface area contributed by atoms with Crippen LogP contribution in [0.4, 0.5) is 0 Å². The van der Waals surface area contributed by atoms with Gasteiger partial charge in [-0.25, -0.2) is 0 Å². The lowest BCUT2D eigenvalue weighted by atomic mass is 9.98. The van der Waals surface area contributed by atoms with E-state index >= 15 is 0 Å². The van der Waals surface area contributed by atoms with Gasteiger partial charge in [0.05, 0.1) is 19.7 Å². The second-order valence-electron chi connectivity index (χ2n) is 8.58. The number of unbranched alkanes of at least 4 members (excludes halogenated alkanes) is 8. The Morgan fingerprint density at radius 3 is 1.91 bits per heavy atom. The summed E-state index contributed by atoms with van der Waals surface area (Å²) in [7, 11) is 0. The molecule has 5 atom stereocenters. The molecule has 3 amide bonds. The number of hydrogen-bond donors (Lipinski definition) is 8. The van der Waals surface area contributed by atoms with E-state index in [2.05, 4.69) is 16.0 Å². The van der Waals surface area contributed by atoms with Crippen LogP contribution in [0.1, 0.15) is 64.2 Å². The lowest BCUT2D eigenvalue weighted by Crippen LogP contribution is -2.63. The highest BCUT2D eigenvalue weighted by molar-refractivity contribution is 5.85. The normalized spacial score (nSPS) is 24.4. The van der Waals surface area contributed by atoms with Crippen LogP contribution in [0.3, 0.4) is 0 Å². The highest BCUT2D eigenvalue weighted by Crippen LogP contribution is 2.20. The molecule has 1 heterocycles. The Balaban J connectivity index is 1.96. The minimum atomic E-state index is -1.51. The Morgan fingerprint density at radius 1 is 0.735 bits per heavy atom. The third-order valence-electron chi connectivity index (χ3n) is 5.73. The molecule has 0 saturated carbocycles. The van der Waals surface area contributed by atoms with E-state index in [-0.39, 0.29) is 37.2 Å². The largest absolute Gasteiger partial charge is 0.394 e. The number of rotatable bonds is 17. The molecule has 0 aliphatic carbocycles. The number of carbonyl (C=O) groups excluding carboxylic acids is 3. The van der Waals surface area contributed by atoms with Crippen LogP contribution in [-0.2, 0) is 19.1 Å². The minimum Gasteiger partial charge on any atom is -0.394 e. The van der Waals surface area contributed by atoms with Gasteiger partial charge in [0.2, 0.25) is 17.7 Å². The Kier molecular flexibility index (Phi) is 15.6. The van der Waals surface area contributed by atoms with Crippen LogP contribution in [0.5, 0.6) is 0 Å². The molecule has 1 rings (SSSR count). The van der Waals surface area contributed by atoms with Gasteiger partial charge < -0.3 is 46.8 Å². The number of nitrogens with one attached hydrogen (secondary N) is 3. The first-order valence-electron chi connectivity index (χ1n) is 12.1. The fourth-order valence-corrected chi connectivity index (χ4v) is 3.64. The maximum absolute atomic E-state index is 12.1. The monoisotopic (exact) mass is 490 g/mol. The zero-order valence-electron chi connectivity index (χ0n) is 19.8. The molecule has 0 bridgehead atoms. The fourth-order valence-electron chi connectivity index (χ4n) is 3.64. The first kappa shape index (κ1) is 30.2. The third kappa shape index (κ3) is 12.0. The van der Waals surface area contributed by atoms with Gasteiger partial charge in [0.15, 0.2) is 6.23 Å². The lowest BCUT2D eigenvalue weighted by molar-refractivity contribution is -0.236. The molecule has 0 aromatic heterocycles. The van der Waals surface area contributed by atoms with E-state index < -0.39 is 37.3 Å². The van der Waals surface area contributed by atoms with E-state index in [0.29, 0.717) is 13.0 Å². The van der Waals surface area contributed by atoms with Gasteiger partial charge in [-0.15, -0.1) is 0 Å². The van der Waals surface area contributed by atoms with Gasteiger partial charge in [-0.3, -0.25) is 14.4 Å². The van der Waals surface area contributed by atoms with Crippen molar-refractivity contribution in [3.8, 4) is 0 Å². The van der Waals surface area contributed by atoms with Crippen molar-refractivity contribution in [1.82, 2.24) is 16.0 Å². The second kappa shape index (κ2) is 17.6. The van der Waals surface area contributed by atoms with Crippen molar-refractivity contribution in [2.75, 3.05) is 26.2 Å². The summed E-state index contributed by atoms with van der Waals surface area (Å²) in [5.41, 5.74) is 5.14. The fraction of sp³-hybridized carbons (Fsp3) is 0.864. The van der Waals surface area contributed by atoms with Crippen molar-refractivity contribution in [2.24, 2.45) is 5.73 Å². The van der Waals surface area contributed by atoms with E-state index in [1.54, 1.807) is 0 Å². The van der Waals surface area contributed by atoms with Crippen molar-refractivity contribution in [2.45, 2.75) is 94.9 Å². The highest BCUT2D eigenvalue weighted by Gasteiger charge is 2.43. The van der Waals surface area contributed by atoms with E-state index in [0.717, 1.165) is 51.4 Å². The zero-order valence-corrected chi connectivity index (χ0v) is 19.8. The molecule has 1 saturated heterocycles. The number of nitrogens with two attached hydrogens (primary N) is 1. The standard InChI is InChI=1S/C22H42N4O8/c23-12-17(29)25-13-18(30)24-11-9-7-5-3-1-2-4-6-8-10-16(28)26-22-21(33)20(32)19(31)15(14-27)34-22/h15,19-22,27,31-33H,1-14,23H2,(H,24,30)(H,25,29)(H,26,28)/t15-,19-,20+,21-,22-/m1/s1. The van der Waals surface area contributed by atoms with Gasteiger partial charge >= 0.3 is 0 Å². The van der Waals surface area contributed by atoms with Crippen LogP contribution < -0.4 is 21.7 Å². The van der Waals surface area contributed by atoms with Crippen LogP contribution in [0.25, 0.3) is 0 Å². The van der Waals surface area contributed by atoms with Gasteiger partial charge in [-0.1, -0.05) is 44.9 Å². The number of aliphatic hydroxyl groups is 4. The molecule has 0 unspecified atom stereocenters. The smallest absolute Gasteiger partial charge is 0.239 e. The van der Waals surface area contributed by atoms with Crippen LogP contribution in [-0.4, -0.2) is 95.0 Å². The lowest BCUT2D eigenvalue weighted by Gasteiger charge is -2.40. The molecular formula is C22H42N4O8. The molecule has 9 N–H and O–H groups in total. The van der Waals surface area contributed by atoms with E-state index in [9.17, 15) is 34.8 Å². The van der Waals surface area contributed by atoms with Crippen LogP contribution >= 0.6 is 0 Å². The van der Waals surface area contributed by atoms with Crippen molar-refractivity contribution in [3.05, 3.63) is 0 Å². The number of carbonyl (C=O) groups is 3. The topological polar surface area (TPSA) is 203 Å². The molecule has 0 aromatic rings. The summed E-state index contributed by atoms with van der Waals surface area (Å²) >= 11 is 0. The number of ether oxygens (including phenoxy) is 1. The second-order valence-corrected chi connectivity index (χ2v) is 8.58. The zero-order chi connectivity index (χ0) is 25.3. The SMILES string of the molecule is NCC(=O)NCC(=O)NCCCCCCCCCCCC(=O)N[C@@H]1O[C@H](CO)[C@@H](O)[C@H](O)[C@H]1O. The van der Waals surface area contributed by atoms with Crippen molar-refractivity contribution in [3.63, 3.8) is 0 Å². The highest BCUT2D eigenvalue weighted by atomic mass is 16.6. The summed E-state index contributed by atoms with van der Waals surface area (Å²) in [5.74, 6) is -0.895. The van der Waals surface area contributed by atoms with Gasteiger partial charge in [0.25, 0.3) is 0 Å². The minimum absolute atomic E-state index is 0.0502. The molecular weight excluding hydrogens is 448 g/mol. The van der Waals surface area contributed by atoms with E-state index in [1.807, 2.05) is 0 Å². The number of amides is 3. The Hall–Kier alpha value is -1.83. The van der Waals surface area contributed by atoms with Crippen molar-refractivity contribution in [1.29, 1.82) is 0 Å². The van der Waals surface area contributed by atoms with Gasteiger partial charge in [-0.2, -0.15) is 0 Å². The van der Waals surface area contributed by atoms with Gasteiger partial charge in [0, 0.05) is 13.0 Å². The Morgan fingerprint density at radius 2 is 1.32 bits per heavy atom. The first-order valence-corrected chi connectivity index (χ1v) is 12.1. The summed E-state index contributed by atoms with van der Waals surface area (Å²) < 4.78 is 5.26. The molecule has 12 nitrogen and oxygen atoms in total. The maximum atomic E-state index is 12.1. The van der Waals surface area contributed by atoms with Gasteiger partial charge in [0.1, 0.15) is 24.4 Å². The van der Waals surface area contributed by atoms with Crippen LogP contribution in [0.2, 0.25) is 0 Å². The summed E-state index contributed by atoms with van der Waals surface area (Å²) in [4.78, 5) is 34.5. The molecule has 1 aliphatic heterocycles. The summed E-state index contributed by atoms with van der Waals surface area (Å²) in [6.07, 6.45) is 2.50. The Bertz CT molecular complexity index is 607. The Labute approximate surface area is 200 Å². The predicted octanol–water partition coefficient (Wildman–Crippen LogP) is -2.01. The summed E-state index contributed by atoms with van der Waals surface area (Å²) in [6, 6.07) is 0. The summed E-state index contributed by atoms with van der Waals surface area (Å²) in [6.45, 7) is -0.132. The quantitative estimate of drug-likeness (QED) is 0.106. The predicted molar refractivity (Wildman–Crippen MR) is 123 cm³/mol. The average Bonchev–Trinajstić information content (AvgIpc) is 2.83. The molecule has 1 aliphatic rings. The van der Waals surface area contributed by atoms with Crippen LogP contribution in [0.15, 0.2) is 0 Å². The van der Waals surface area contributed by atoms with E-state index in [1.165, 1.54) is 0 Å². The molecule has 34 heavy (non-hydrogen) atoms. The molecule has 0 radical (unpaired) electrons. The molecule has 12 heteroatoms.